The molecule has 0 bridgehead atoms. The molecule has 1 aromatic heterocycles. The molecule has 7 heteroatoms. The van der Waals surface area contributed by atoms with E-state index in [9.17, 15) is 9.59 Å². The first-order valence-corrected chi connectivity index (χ1v) is 8.60. The van der Waals surface area contributed by atoms with Crippen LogP contribution in [0.5, 0.6) is 0 Å². The molecule has 1 aliphatic heterocycles. The summed E-state index contributed by atoms with van der Waals surface area (Å²) in [6.45, 7) is 3.35. The van der Waals surface area contributed by atoms with Crippen molar-refractivity contribution in [1.82, 2.24) is 15.6 Å². The minimum atomic E-state index is -0.265. The molecule has 0 aliphatic carbocycles. The quantitative estimate of drug-likeness (QED) is 0.807. The molecule has 1 aliphatic rings. The van der Waals surface area contributed by atoms with Crippen molar-refractivity contribution in [3.05, 3.63) is 59.8 Å². The maximum atomic E-state index is 12.0. The molecular weight excluding hydrogens is 332 g/mol. The molecule has 0 saturated carbocycles. The number of carbonyl (C=O) groups is 2. The highest BCUT2D eigenvalue weighted by Crippen LogP contribution is 2.14. The zero-order valence-electron chi connectivity index (χ0n) is 14.5. The highest BCUT2D eigenvalue weighted by atomic mass is 16.5. The van der Waals surface area contributed by atoms with E-state index >= 15 is 0 Å². The van der Waals surface area contributed by atoms with Crippen molar-refractivity contribution in [2.75, 3.05) is 37.7 Å². The highest BCUT2D eigenvalue weighted by Gasteiger charge is 2.13. The summed E-state index contributed by atoms with van der Waals surface area (Å²) in [4.78, 5) is 30.4. The standard InChI is InChI=1S/C19H22N4O3/c24-18(14-22-19(25)16-4-2-1-3-5-16)21-13-15-6-7-20-17(12-15)23-8-10-26-11-9-23/h1-7,12H,8-11,13-14H2,(H,21,24)(H,22,25). The Morgan fingerprint density at radius 1 is 1.08 bits per heavy atom. The van der Waals surface area contributed by atoms with E-state index < -0.39 is 0 Å². The van der Waals surface area contributed by atoms with E-state index in [1.807, 2.05) is 18.2 Å². The van der Waals surface area contributed by atoms with Crippen molar-refractivity contribution in [2.45, 2.75) is 6.54 Å². The van der Waals surface area contributed by atoms with E-state index in [-0.39, 0.29) is 18.4 Å². The summed E-state index contributed by atoms with van der Waals surface area (Å²) in [6, 6.07) is 12.6. The van der Waals surface area contributed by atoms with Gasteiger partial charge in [-0.2, -0.15) is 0 Å². The molecule has 7 nitrogen and oxygen atoms in total. The van der Waals surface area contributed by atoms with E-state index in [4.69, 9.17) is 4.74 Å². The van der Waals surface area contributed by atoms with Crippen LogP contribution in [0.1, 0.15) is 15.9 Å². The molecule has 1 aromatic carbocycles. The lowest BCUT2D eigenvalue weighted by Gasteiger charge is -2.28. The van der Waals surface area contributed by atoms with Crippen molar-refractivity contribution in [2.24, 2.45) is 0 Å². The summed E-state index contributed by atoms with van der Waals surface area (Å²) in [7, 11) is 0. The Bertz CT molecular complexity index is 745. The molecule has 0 radical (unpaired) electrons. The number of nitrogens with one attached hydrogen (secondary N) is 2. The van der Waals surface area contributed by atoms with Gasteiger partial charge < -0.3 is 20.3 Å². The number of anilines is 1. The van der Waals surface area contributed by atoms with Gasteiger partial charge in [0.1, 0.15) is 5.82 Å². The van der Waals surface area contributed by atoms with Gasteiger partial charge in [-0.15, -0.1) is 0 Å². The van der Waals surface area contributed by atoms with Gasteiger partial charge in [-0.1, -0.05) is 18.2 Å². The zero-order valence-corrected chi connectivity index (χ0v) is 14.5. The lowest BCUT2D eigenvalue weighted by Crippen LogP contribution is -2.37. The summed E-state index contributed by atoms with van der Waals surface area (Å²) in [5, 5.41) is 5.42. The van der Waals surface area contributed by atoms with Gasteiger partial charge >= 0.3 is 0 Å². The third-order valence-electron chi connectivity index (χ3n) is 4.08. The molecule has 1 saturated heterocycles. The van der Waals surface area contributed by atoms with Crippen molar-refractivity contribution >= 4 is 17.6 Å². The fraction of sp³-hybridized carbons (Fsp3) is 0.316. The van der Waals surface area contributed by atoms with Crippen molar-refractivity contribution in [1.29, 1.82) is 0 Å². The molecular formula is C19H22N4O3. The molecule has 0 unspecified atom stereocenters. The van der Waals surface area contributed by atoms with Crippen molar-refractivity contribution < 1.29 is 14.3 Å². The number of carbonyl (C=O) groups excluding carboxylic acids is 2. The Hall–Kier alpha value is -2.93. The molecule has 2 amide bonds. The second-order valence-electron chi connectivity index (χ2n) is 5.95. The fourth-order valence-corrected chi connectivity index (χ4v) is 2.65. The Kier molecular flexibility index (Phi) is 6.16. The van der Waals surface area contributed by atoms with E-state index in [0.29, 0.717) is 25.3 Å². The summed E-state index contributed by atoms with van der Waals surface area (Å²) in [6.07, 6.45) is 1.74. The monoisotopic (exact) mass is 354 g/mol. The average molecular weight is 354 g/mol. The molecule has 1 fully saturated rings. The second-order valence-corrected chi connectivity index (χ2v) is 5.95. The van der Waals surface area contributed by atoms with Crippen LogP contribution in [-0.4, -0.2) is 49.6 Å². The zero-order chi connectivity index (χ0) is 18.2. The Morgan fingerprint density at radius 3 is 2.62 bits per heavy atom. The third-order valence-corrected chi connectivity index (χ3v) is 4.08. The van der Waals surface area contributed by atoms with Crippen molar-refractivity contribution in [3.8, 4) is 0 Å². The topological polar surface area (TPSA) is 83.6 Å². The largest absolute Gasteiger partial charge is 0.378 e. The maximum Gasteiger partial charge on any atom is 0.251 e. The van der Waals surface area contributed by atoms with E-state index in [2.05, 4.69) is 20.5 Å². The van der Waals surface area contributed by atoms with Crippen LogP contribution in [0.15, 0.2) is 48.7 Å². The molecule has 0 atom stereocenters. The summed E-state index contributed by atoms with van der Waals surface area (Å²) < 4.78 is 5.35. The van der Waals surface area contributed by atoms with Gasteiger partial charge in [-0.25, -0.2) is 4.98 Å². The van der Waals surface area contributed by atoms with E-state index in [1.54, 1.807) is 30.5 Å². The SMILES string of the molecule is O=C(CNC(=O)c1ccccc1)NCc1ccnc(N2CCOCC2)c1. The number of aromatic nitrogens is 1. The van der Waals surface area contributed by atoms with Gasteiger partial charge in [0.2, 0.25) is 5.91 Å². The first-order chi connectivity index (χ1) is 12.7. The summed E-state index contributed by atoms with van der Waals surface area (Å²) in [5.41, 5.74) is 1.49. The van der Waals surface area contributed by atoms with Gasteiger partial charge in [-0.05, 0) is 29.8 Å². The smallest absolute Gasteiger partial charge is 0.251 e. The number of pyridine rings is 1. The highest BCUT2D eigenvalue weighted by molar-refractivity contribution is 5.96. The van der Waals surface area contributed by atoms with E-state index in [0.717, 1.165) is 24.5 Å². The number of nitrogens with zero attached hydrogens (tertiary/aromatic N) is 2. The van der Waals surface area contributed by atoms with Gasteiger partial charge in [0.25, 0.3) is 5.91 Å². The Morgan fingerprint density at radius 2 is 1.85 bits per heavy atom. The van der Waals surface area contributed by atoms with Crippen LogP contribution in [0.25, 0.3) is 0 Å². The van der Waals surface area contributed by atoms with Gasteiger partial charge in [-0.3, -0.25) is 9.59 Å². The fourth-order valence-electron chi connectivity index (χ4n) is 2.65. The average Bonchev–Trinajstić information content (AvgIpc) is 2.72. The van der Waals surface area contributed by atoms with Crippen LogP contribution >= 0.6 is 0 Å². The number of amides is 2. The van der Waals surface area contributed by atoms with Gasteiger partial charge in [0, 0.05) is 31.4 Å². The lowest BCUT2D eigenvalue weighted by molar-refractivity contribution is -0.120. The number of ether oxygens (including phenoxy) is 1. The molecule has 2 aromatic rings. The number of morpholine rings is 1. The lowest BCUT2D eigenvalue weighted by atomic mass is 10.2. The molecule has 2 N–H and O–H groups in total. The first-order valence-electron chi connectivity index (χ1n) is 8.60. The Balaban J connectivity index is 1.46. The van der Waals surface area contributed by atoms with Crippen LogP contribution in [0.2, 0.25) is 0 Å². The van der Waals surface area contributed by atoms with Crippen LogP contribution in [0.4, 0.5) is 5.82 Å². The normalized spacial score (nSPS) is 13.9. The predicted octanol–water partition coefficient (Wildman–Crippen LogP) is 0.964. The minimum Gasteiger partial charge on any atom is -0.378 e. The van der Waals surface area contributed by atoms with E-state index in [1.165, 1.54) is 0 Å². The van der Waals surface area contributed by atoms with Crippen LogP contribution in [0.3, 0.4) is 0 Å². The number of rotatable bonds is 6. The summed E-state index contributed by atoms with van der Waals surface area (Å²) >= 11 is 0. The van der Waals surface area contributed by atoms with Crippen LogP contribution < -0.4 is 15.5 Å². The first kappa shape index (κ1) is 17.9. The third kappa shape index (κ3) is 5.03. The van der Waals surface area contributed by atoms with Crippen LogP contribution in [-0.2, 0) is 16.1 Å². The second kappa shape index (κ2) is 8.96. The minimum absolute atomic E-state index is 0.0604. The molecule has 26 heavy (non-hydrogen) atoms. The number of benzene rings is 1. The molecule has 3 rings (SSSR count). The summed E-state index contributed by atoms with van der Waals surface area (Å²) in [5.74, 6) is 0.385. The molecule has 136 valence electrons. The van der Waals surface area contributed by atoms with Crippen LogP contribution in [0, 0.1) is 0 Å². The van der Waals surface area contributed by atoms with Crippen molar-refractivity contribution in [3.63, 3.8) is 0 Å². The van der Waals surface area contributed by atoms with Gasteiger partial charge in [0.05, 0.1) is 19.8 Å². The number of hydrogen-bond donors (Lipinski definition) is 2. The number of hydrogen-bond acceptors (Lipinski definition) is 5. The molecule has 0 spiro atoms. The maximum absolute atomic E-state index is 12.0. The van der Waals surface area contributed by atoms with Gasteiger partial charge in [0.15, 0.2) is 0 Å². The predicted molar refractivity (Wildman–Crippen MR) is 97.9 cm³/mol. The molecule has 2 heterocycles. The Labute approximate surface area is 152 Å².